The van der Waals surface area contributed by atoms with E-state index in [2.05, 4.69) is 14.9 Å². The molecule has 1 N–H and O–H groups in total. The molecular formula is C16H28N4O2. The Balaban J connectivity index is 1.39. The Hall–Kier alpha value is -0.950. The van der Waals surface area contributed by atoms with Crippen LogP contribution in [0.15, 0.2) is 18.5 Å². The summed E-state index contributed by atoms with van der Waals surface area (Å²) in [6.07, 6.45) is 7.33. The minimum atomic E-state index is -0.357. The predicted octanol–water partition coefficient (Wildman–Crippen LogP) is 0.431. The van der Waals surface area contributed by atoms with Crippen molar-refractivity contribution in [1.29, 1.82) is 0 Å². The maximum Gasteiger partial charge on any atom is 0.0862 e. The zero-order valence-electron chi connectivity index (χ0n) is 13.3. The van der Waals surface area contributed by atoms with Crippen LogP contribution in [0.3, 0.4) is 0 Å². The lowest BCUT2D eigenvalue weighted by Crippen LogP contribution is -2.38. The highest BCUT2D eigenvalue weighted by atomic mass is 16.5. The number of aliphatic hydroxyl groups is 1. The number of rotatable bonds is 6. The fraction of sp³-hybridized carbons (Fsp3) is 0.812. The van der Waals surface area contributed by atoms with Gasteiger partial charge in [-0.25, -0.2) is 0 Å². The Morgan fingerprint density at radius 3 is 2.77 bits per heavy atom. The van der Waals surface area contributed by atoms with E-state index in [1.165, 1.54) is 19.3 Å². The number of hydrogen-bond acceptors (Lipinski definition) is 5. The highest BCUT2D eigenvalue weighted by Crippen LogP contribution is 2.14. The van der Waals surface area contributed by atoms with Crippen LogP contribution in [0.4, 0.5) is 0 Å². The first kappa shape index (κ1) is 15.9. The lowest BCUT2D eigenvalue weighted by atomic mass is 10.2. The van der Waals surface area contributed by atoms with Crippen molar-refractivity contribution in [3.05, 3.63) is 18.5 Å². The average molecular weight is 308 g/mol. The first-order chi connectivity index (χ1) is 10.8. The van der Waals surface area contributed by atoms with E-state index in [9.17, 15) is 5.11 Å². The van der Waals surface area contributed by atoms with E-state index in [1.807, 2.05) is 12.3 Å². The summed E-state index contributed by atoms with van der Waals surface area (Å²) in [4.78, 5) is 4.90. The molecule has 0 bridgehead atoms. The molecule has 3 heterocycles. The summed E-state index contributed by atoms with van der Waals surface area (Å²) in [5.74, 6) is 0. The van der Waals surface area contributed by atoms with E-state index in [4.69, 9.17) is 4.74 Å². The monoisotopic (exact) mass is 308 g/mol. The van der Waals surface area contributed by atoms with Gasteiger partial charge in [0, 0.05) is 45.2 Å². The fourth-order valence-corrected chi connectivity index (χ4v) is 3.45. The van der Waals surface area contributed by atoms with E-state index in [-0.39, 0.29) is 6.10 Å². The van der Waals surface area contributed by atoms with Crippen molar-refractivity contribution in [3.63, 3.8) is 0 Å². The van der Waals surface area contributed by atoms with E-state index < -0.39 is 0 Å². The number of β-amino-alcohol motifs (C(OH)–C–C–N with tert-alkyl or cyclic N) is 1. The smallest absolute Gasteiger partial charge is 0.0862 e. The second kappa shape index (κ2) is 8.06. The van der Waals surface area contributed by atoms with Crippen LogP contribution in [0.5, 0.6) is 0 Å². The molecule has 0 aromatic carbocycles. The maximum absolute atomic E-state index is 10.2. The van der Waals surface area contributed by atoms with Crippen LogP contribution in [-0.2, 0) is 11.3 Å². The Kier molecular flexibility index (Phi) is 5.83. The Morgan fingerprint density at radius 2 is 2.00 bits per heavy atom. The lowest BCUT2D eigenvalue weighted by molar-refractivity contribution is 0.0716. The molecule has 2 aliphatic rings. The molecular weight excluding hydrogens is 280 g/mol. The first-order valence-electron chi connectivity index (χ1n) is 8.51. The van der Waals surface area contributed by atoms with Gasteiger partial charge in [-0.3, -0.25) is 14.5 Å². The van der Waals surface area contributed by atoms with E-state index >= 15 is 0 Å². The molecule has 3 rings (SSSR count). The molecule has 2 atom stereocenters. The molecule has 6 nitrogen and oxygen atoms in total. The molecule has 2 saturated heterocycles. The average Bonchev–Trinajstić information content (AvgIpc) is 3.13. The van der Waals surface area contributed by atoms with E-state index in [0.29, 0.717) is 12.6 Å². The van der Waals surface area contributed by atoms with Gasteiger partial charge in [0.15, 0.2) is 0 Å². The molecule has 6 heteroatoms. The summed E-state index contributed by atoms with van der Waals surface area (Å²) in [6.45, 7) is 7.63. The topological polar surface area (TPSA) is 53.8 Å². The normalized spacial score (nSPS) is 26.1. The van der Waals surface area contributed by atoms with Gasteiger partial charge in [-0.2, -0.15) is 5.10 Å². The Morgan fingerprint density at radius 1 is 1.14 bits per heavy atom. The number of hydrogen-bond donors (Lipinski definition) is 1. The lowest BCUT2D eigenvalue weighted by Gasteiger charge is -2.25. The van der Waals surface area contributed by atoms with Crippen molar-refractivity contribution in [3.8, 4) is 0 Å². The molecule has 2 aliphatic heterocycles. The molecule has 0 radical (unpaired) electrons. The van der Waals surface area contributed by atoms with Crippen LogP contribution < -0.4 is 0 Å². The second-order valence-electron chi connectivity index (χ2n) is 6.47. The van der Waals surface area contributed by atoms with Gasteiger partial charge in [0.25, 0.3) is 0 Å². The largest absolute Gasteiger partial charge is 0.390 e. The minimum Gasteiger partial charge on any atom is -0.390 e. The van der Waals surface area contributed by atoms with Gasteiger partial charge in [-0.15, -0.1) is 0 Å². The third-order valence-electron chi connectivity index (χ3n) is 4.59. The number of nitrogens with zero attached hydrogens (tertiary/aromatic N) is 4. The van der Waals surface area contributed by atoms with Gasteiger partial charge in [-0.05, 0) is 38.4 Å². The summed E-state index contributed by atoms with van der Waals surface area (Å²) in [5.41, 5.74) is 0. The van der Waals surface area contributed by atoms with Gasteiger partial charge < -0.3 is 9.84 Å². The van der Waals surface area contributed by atoms with Crippen LogP contribution in [0.25, 0.3) is 0 Å². The van der Waals surface area contributed by atoms with Crippen LogP contribution in [0, 0.1) is 0 Å². The first-order valence-corrected chi connectivity index (χ1v) is 8.51. The molecule has 1 aromatic rings. The quantitative estimate of drug-likeness (QED) is 0.826. The maximum atomic E-state index is 10.2. The molecule has 124 valence electrons. The number of ether oxygens (including phenoxy) is 1. The van der Waals surface area contributed by atoms with Crippen LogP contribution in [0.2, 0.25) is 0 Å². The zero-order chi connectivity index (χ0) is 15.2. The zero-order valence-corrected chi connectivity index (χ0v) is 13.3. The molecule has 22 heavy (non-hydrogen) atoms. The molecule has 1 aromatic heterocycles. The summed E-state index contributed by atoms with van der Waals surface area (Å²) in [5, 5.41) is 14.4. The van der Waals surface area contributed by atoms with Crippen molar-refractivity contribution in [2.75, 3.05) is 45.9 Å². The van der Waals surface area contributed by atoms with Crippen molar-refractivity contribution in [1.82, 2.24) is 19.6 Å². The SMILES string of the molecule is O[C@H](CN1CCCN(C[C@@H]2CCCO2)CC1)Cn1cccn1. The van der Waals surface area contributed by atoms with Crippen LogP contribution in [0.1, 0.15) is 19.3 Å². The molecule has 0 saturated carbocycles. The van der Waals surface area contributed by atoms with Gasteiger partial charge in [-0.1, -0.05) is 0 Å². The third kappa shape index (κ3) is 4.78. The van der Waals surface area contributed by atoms with Gasteiger partial charge in [0.05, 0.1) is 18.8 Å². The molecule has 0 unspecified atom stereocenters. The van der Waals surface area contributed by atoms with Crippen LogP contribution >= 0.6 is 0 Å². The second-order valence-corrected chi connectivity index (χ2v) is 6.47. The van der Waals surface area contributed by atoms with E-state index in [1.54, 1.807) is 10.9 Å². The number of aliphatic hydroxyl groups excluding tert-OH is 1. The van der Waals surface area contributed by atoms with Crippen LogP contribution in [-0.4, -0.2) is 82.8 Å². The standard InChI is InChI=1S/C16H28N4O2/c21-15(13-20-8-2-5-17-20)12-18-6-3-7-19(10-9-18)14-16-4-1-11-22-16/h2,5,8,15-16,21H,1,3-4,6-7,9-14H2/t15-,16+/m1/s1. The van der Waals surface area contributed by atoms with Crippen molar-refractivity contribution in [2.45, 2.75) is 38.0 Å². The molecule has 0 aliphatic carbocycles. The van der Waals surface area contributed by atoms with Gasteiger partial charge >= 0.3 is 0 Å². The van der Waals surface area contributed by atoms with Gasteiger partial charge in [0.2, 0.25) is 0 Å². The molecule has 0 spiro atoms. The minimum absolute atomic E-state index is 0.357. The Bertz CT molecular complexity index is 420. The highest BCUT2D eigenvalue weighted by Gasteiger charge is 2.22. The number of aromatic nitrogens is 2. The summed E-state index contributed by atoms with van der Waals surface area (Å²) >= 11 is 0. The third-order valence-corrected chi connectivity index (χ3v) is 4.59. The summed E-state index contributed by atoms with van der Waals surface area (Å²) < 4.78 is 7.54. The van der Waals surface area contributed by atoms with Crippen molar-refractivity contribution < 1.29 is 9.84 Å². The summed E-state index contributed by atoms with van der Waals surface area (Å²) in [7, 11) is 0. The van der Waals surface area contributed by atoms with Gasteiger partial charge in [0.1, 0.15) is 0 Å². The van der Waals surface area contributed by atoms with Crippen molar-refractivity contribution >= 4 is 0 Å². The predicted molar refractivity (Wildman–Crippen MR) is 84.7 cm³/mol. The molecule has 2 fully saturated rings. The fourth-order valence-electron chi connectivity index (χ4n) is 3.45. The van der Waals surface area contributed by atoms with Crippen molar-refractivity contribution in [2.24, 2.45) is 0 Å². The Labute approximate surface area is 132 Å². The summed E-state index contributed by atoms with van der Waals surface area (Å²) in [6, 6.07) is 1.89. The van der Waals surface area contributed by atoms with E-state index in [0.717, 1.165) is 45.9 Å². The highest BCUT2D eigenvalue weighted by molar-refractivity contribution is 4.80. The molecule has 0 amide bonds.